The van der Waals surface area contributed by atoms with Crippen molar-refractivity contribution < 1.29 is 32.2 Å². The molecule has 1 radical (unpaired) electrons. The Morgan fingerprint density at radius 3 is 2.50 bits per heavy atom. The highest BCUT2D eigenvalue weighted by Crippen LogP contribution is 2.31. The van der Waals surface area contributed by atoms with E-state index in [1.54, 1.807) is 0 Å². The van der Waals surface area contributed by atoms with Crippen LogP contribution in [0, 0.1) is 10.1 Å². The van der Waals surface area contributed by atoms with Gasteiger partial charge in [0, 0.05) is 13.0 Å². The minimum atomic E-state index is -4.80. The molecule has 20 heavy (non-hydrogen) atoms. The first-order valence-electron chi connectivity index (χ1n) is 4.97. The molecule has 1 unspecified atom stereocenters. The van der Waals surface area contributed by atoms with Crippen molar-refractivity contribution in [3.8, 4) is 5.75 Å². The van der Waals surface area contributed by atoms with Crippen LogP contribution in [0.2, 0.25) is 0 Å². The van der Waals surface area contributed by atoms with Gasteiger partial charge in [0.1, 0.15) is 0 Å². The van der Waals surface area contributed by atoms with Crippen LogP contribution in [0.5, 0.6) is 5.75 Å². The molecule has 0 spiro atoms. The monoisotopic (exact) mass is 302 g/mol. The maximum absolute atomic E-state index is 10.9. The van der Waals surface area contributed by atoms with E-state index in [9.17, 15) is 28.1 Å². The van der Waals surface area contributed by atoms with Crippen LogP contribution in [0.15, 0.2) is 18.2 Å². The van der Waals surface area contributed by atoms with Crippen LogP contribution in [0.1, 0.15) is 17.7 Å². The van der Waals surface area contributed by atoms with E-state index in [2.05, 4.69) is 4.74 Å². The number of esters is 1. The second-order valence-electron chi connectivity index (χ2n) is 3.59. The zero-order valence-electron chi connectivity index (χ0n) is 9.97. The summed E-state index contributed by atoms with van der Waals surface area (Å²) in [6, 6.07) is 2.65. The number of rotatable bonds is 5. The fraction of sp³-hybridized carbons (Fsp3) is 0.200. The van der Waals surface area contributed by atoms with Gasteiger partial charge in [0.25, 0.3) is 10.1 Å². The van der Waals surface area contributed by atoms with Crippen molar-refractivity contribution in [2.45, 2.75) is 12.2 Å². The number of hydrogen-bond acceptors (Lipinski definition) is 7. The number of nitrogens with zero attached hydrogens (tertiary/aromatic N) is 1. The molecule has 0 heterocycles. The third kappa shape index (κ3) is 3.59. The standard InChI is InChI=1S/C10H8NO8S/c1-6(13)19-9-3-2-7(4-8(9)11(14)15)10(5-12)20(16,17)18/h2-4,10H,1H3,(H,16,17,18). The van der Waals surface area contributed by atoms with Crippen molar-refractivity contribution in [1.29, 1.82) is 0 Å². The number of nitro groups is 1. The molecule has 0 saturated carbocycles. The van der Waals surface area contributed by atoms with Gasteiger partial charge in [-0.15, -0.1) is 0 Å². The second kappa shape index (κ2) is 5.75. The zero-order valence-corrected chi connectivity index (χ0v) is 10.8. The molecule has 10 heteroatoms. The minimum Gasteiger partial charge on any atom is -0.419 e. The molecule has 0 aliphatic heterocycles. The molecule has 0 aromatic heterocycles. The number of ether oxygens (including phenoxy) is 1. The summed E-state index contributed by atoms with van der Waals surface area (Å²) in [5.74, 6) is -1.22. The highest BCUT2D eigenvalue weighted by molar-refractivity contribution is 7.86. The Morgan fingerprint density at radius 1 is 1.50 bits per heavy atom. The van der Waals surface area contributed by atoms with Gasteiger partial charge in [0.2, 0.25) is 12.0 Å². The Bertz CT molecular complexity index is 666. The van der Waals surface area contributed by atoms with Gasteiger partial charge in [-0.05, 0) is 11.6 Å². The summed E-state index contributed by atoms with van der Waals surface area (Å²) < 4.78 is 35.3. The lowest BCUT2D eigenvalue weighted by molar-refractivity contribution is -0.385. The average molecular weight is 302 g/mol. The van der Waals surface area contributed by atoms with Gasteiger partial charge in [-0.1, -0.05) is 6.07 Å². The van der Waals surface area contributed by atoms with Gasteiger partial charge in [0.05, 0.1) is 4.92 Å². The van der Waals surface area contributed by atoms with Gasteiger partial charge in [-0.2, -0.15) is 8.42 Å². The van der Waals surface area contributed by atoms with E-state index in [0.717, 1.165) is 25.3 Å². The summed E-state index contributed by atoms with van der Waals surface area (Å²) in [7, 11) is -4.80. The molecular weight excluding hydrogens is 294 g/mol. The third-order valence-corrected chi connectivity index (χ3v) is 3.11. The molecular formula is C10H8NO8S. The first-order valence-corrected chi connectivity index (χ1v) is 6.48. The number of nitro benzene ring substituents is 1. The molecule has 1 atom stereocenters. The van der Waals surface area contributed by atoms with Gasteiger partial charge in [0.15, 0.2) is 5.25 Å². The first-order chi connectivity index (χ1) is 9.16. The van der Waals surface area contributed by atoms with E-state index in [0.29, 0.717) is 6.07 Å². The van der Waals surface area contributed by atoms with Crippen molar-refractivity contribution >= 4 is 28.1 Å². The predicted octanol–water partition coefficient (Wildman–Crippen LogP) is 0.559. The largest absolute Gasteiger partial charge is 0.419 e. The Morgan fingerprint density at radius 2 is 2.10 bits per heavy atom. The van der Waals surface area contributed by atoms with Crippen molar-refractivity contribution in [3.63, 3.8) is 0 Å². The number of benzene rings is 1. The highest BCUT2D eigenvalue weighted by Gasteiger charge is 2.29. The molecule has 0 fully saturated rings. The molecule has 1 rings (SSSR count). The number of carbonyl (C=O) groups is 1. The maximum Gasteiger partial charge on any atom is 0.312 e. The molecule has 1 aromatic carbocycles. The average Bonchev–Trinajstić information content (AvgIpc) is 2.28. The normalized spacial score (nSPS) is 12.5. The van der Waals surface area contributed by atoms with E-state index in [4.69, 9.17) is 4.55 Å². The Hall–Kier alpha value is -2.33. The number of carbonyl (C=O) groups excluding carboxylic acids is 2. The van der Waals surface area contributed by atoms with E-state index in [1.165, 1.54) is 0 Å². The van der Waals surface area contributed by atoms with E-state index < -0.39 is 37.7 Å². The summed E-state index contributed by atoms with van der Waals surface area (Å²) in [4.78, 5) is 31.3. The first kappa shape index (κ1) is 15.7. The smallest absolute Gasteiger partial charge is 0.312 e. The quantitative estimate of drug-likeness (QED) is 0.273. The molecule has 9 nitrogen and oxygen atoms in total. The summed E-state index contributed by atoms with van der Waals surface area (Å²) in [5, 5.41) is 8.74. The van der Waals surface area contributed by atoms with E-state index in [1.807, 2.05) is 0 Å². The van der Waals surface area contributed by atoms with E-state index >= 15 is 0 Å². The summed E-state index contributed by atoms with van der Waals surface area (Å²) in [6.07, 6.45) is 1.07. The molecule has 1 N–H and O–H groups in total. The van der Waals surface area contributed by atoms with Gasteiger partial charge >= 0.3 is 11.7 Å². The van der Waals surface area contributed by atoms with Crippen LogP contribution in [0.25, 0.3) is 0 Å². The highest BCUT2D eigenvalue weighted by atomic mass is 32.2. The van der Waals surface area contributed by atoms with Gasteiger partial charge < -0.3 is 4.74 Å². The zero-order chi connectivity index (χ0) is 15.5. The molecule has 0 bridgehead atoms. The maximum atomic E-state index is 10.9. The van der Waals surface area contributed by atoms with E-state index in [-0.39, 0.29) is 5.56 Å². The van der Waals surface area contributed by atoms with Crippen LogP contribution in [0.4, 0.5) is 5.69 Å². The Labute approximate surface area is 113 Å². The molecule has 1 aromatic rings. The Balaban J connectivity index is 3.40. The van der Waals surface area contributed by atoms with Crippen molar-refractivity contribution in [1.82, 2.24) is 0 Å². The lowest BCUT2D eigenvalue weighted by atomic mass is 10.1. The summed E-state index contributed by atoms with van der Waals surface area (Å²) >= 11 is 0. The van der Waals surface area contributed by atoms with Gasteiger partial charge in [-0.25, -0.2) is 0 Å². The van der Waals surface area contributed by atoms with Crippen LogP contribution < -0.4 is 4.74 Å². The predicted molar refractivity (Wildman–Crippen MR) is 64.4 cm³/mol. The molecule has 0 amide bonds. The van der Waals surface area contributed by atoms with Crippen LogP contribution in [-0.4, -0.2) is 30.1 Å². The summed E-state index contributed by atoms with van der Waals surface area (Å²) in [6.45, 7) is 1.03. The molecule has 0 saturated heterocycles. The molecule has 107 valence electrons. The lowest BCUT2D eigenvalue weighted by Gasteiger charge is -2.08. The third-order valence-electron chi connectivity index (χ3n) is 2.14. The summed E-state index contributed by atoms with van der Waals surface area (Å²) in [5.41, 5.74) is -1.09. The van der Waals surface area contributed by atoms with Crippen molar-refractivity contribution in [2.24, 2.45) is 0 Å². The van der Waals surface area contributed by atoms with Gasteiger partial charge in [-0.3, -0.25) is 24.3 Å². The lowest BCUT2D eigenvalue weighted by Crippen LogP contribution is -2.14. The molecule has 0 aliphatic carbocycles. The Kier molecular flexibility index (Phi) is 4.53. The fourth-order valence-electron chi connectivity index (χ4n) is 1.38. The second-order valence-corrected chi connectivity index (χ2v) is 5.09. The molecule has 0 aliphatic rings. The number of hydrogen-bond donors (Lipinski definition) is 1. The van der Waals surface area contributed by atoms with Crippen molar-refractivity contribution in [3.05, 3.63) is 33.9 Å². The minimum absolute atomic E-state index is 0.370. The van der Waals surface area contributed by atoms with Crippen LogP contribution >= 0.6 is 0 Å². The SMILES string of the molecule is CC(=O)Oc1ccc(C([C]=O)S(=O)(=O)O)cc1[N+](=O)[O-]. The fourth-order valence-corrected chi connectivity index (χ4v) is 1.99. The van der Waals surface area contributed by atoms with Crippen molar-refractivity contribution in [2.75, 3.05) is 0 Å². The van der Waals surface area contributed by atoms with Crippen LogP contribution in [0.3, 0.4) is 0 Å². The topological polar surface area (TPSA) is 141 Å². The van der Waals surface area contributed by atoms with Crippen LogP contribution in [-0.2, 0) is 19.7 Å².